The number of nitrogens with two attached hydrogens (primary N) is 1. The van der Waals surface area contributed by atoms with Crippen LogP contribution in [-0.2, 0) is 4.79 Å². The number of nitrogens with one attached hydrogen (secondary N) is 1. The third kappa shape index (κ3) is 5.30. The highest BCUT2D eigenvalue weighted by molar-refractivity contribution is 6.38. The molecule has 0 saturated carbocycles. The minimum atomic E-state index is -0.663. The highest BCUT2D eigenvalue weighted by atomic mass is 35.5. The first-order valence-electron chi connectivity index (χ1n) is 11.2. The number of benzene rings is 1. The van der Waals surface area contributed by atoms with Crippen LogP contribution in [0.15, 0.2) is 31.1 Å². The van der Waals surface area contributed by atoms with Gasteiger partial charge in [-0.05, 0) is 31.1 Å². The van der Waals surface area contributed by atoms with Gasteiger partial charge in [-0.25, -0.2) is 19.4 Å². The van der Waals surface area contributed by atoms with E-state index in [4.69, 9.17) is 33.7 Å². The molecule has 1 fully saturated rings. The maximum absolute atomic E-state index is 13.3. The number of halogens is 2. The third-order valence-corrected chi connectivity index (χ3v) is 6.33. The van der Waals surface area contributed by atoms with Crippen molar-refractivity contribution in [2.45, 2.75) is 18.9 Å². The minimum absolute atomic E-state index is 0.00405. The molecule has 3 aromatic rings. The minimum Gasteiger partial charge on any atom is -0.407 e. The Morgan fingerprint density at radius 2 is 1.95 bits per heavy atom. The topological polar surface area (TPSA) is 149 Å². The van der Waals surface area contributed by atoms with Crippen molar-refractivity contribution in [1.82, 2.24) is 29.5 Å². The molecule has 3 heterocycles. The zero-order valence-electron chi connectivity index (χ0n) is 20.1. The second-order valence-electron chi connectivity index (χ2n) is 8.52. The van der Waals surface area contributed by atoms with Gasteiger partial charge in [0.15, 0.2) is 17.1 Å². The summed E-state index contributed by atoms with van der Waals surface area (Å²) in [6.07, 6.45) is 3.37. The van der Waals surface area contributed by atoms with E-state index in [1.165, 1.54) is 43.5 Å². The molecule has 0 bridgehead atoms. The Hall–Kier alpha value is -3.90. The van der Waals surface area contributed by atoms with E-state index in [0.717, 1.165) is 12.8 Å². The first-order valence-corrected chi connectivity index (χ1v) is 12.0. The molecule has 14 heteroatoms. The molecule has 1 aromatic carbocycles. The Morgan fingerprint density at radius 3 is 2.59 bits per heavy atom. The number of carbonyl (C=O) groups excluding carboxylic acids is 3. The molecule has 194 valence electrons. The van der Waals surface area contributed by atoms with Crippen LogP contribution in [0.1, 0.15) is 29.4 Å². The van der Waals surface area contributed by atoms with Crippen LogP contribution in [0.25, 0.3) is 11.0 Å². The van der Waals surface area contributed by atoms with Gasteiger partial charge < -0.3 is 25.6 Å². The molecular weight excluding hydrogens is 523 g/mol. The molecule has 37 heavy (non-hydrogen) atoms. The fraction of sp³-hybridized carbons (Fsp3) is 0.304. The lowest BCUT2D eigenvalue weighted by Gasteiger charge is -2.32. The van der Waals surface area contributed by atoms with Gasteiger partial charge in [-0.1, -0.05) is 29.8 Å². The number of nitrogen functional groups attached to an aromatic ring is 1. The number of ether oxygens (including phenoxy) is 1. The van der Waals surface area contributed by atoms with Crippen molar-refractivity contribution in [3.63, 3.8) is 0 Å². The van der Waals surface area contributed by atoms with E-state index in [9.17, 15) is 14.4 Å². The standard InChI is InChI=1S/C23H24Cl2N8O4/c1-4-16(34)32-7-5-6-13(10-32)33-21-17(20(26)27-11-28-21)18(30-33)22(35)29-12-8-14(24)19(15(25)9-12)37-23(36)31(2)3/h4,8-9,11,13H,1,5-7,10H2,2-3H3,(H,29,35)(H2,26,27,28)/t13-/m1/s1. The van der Waals surface area contributed by atoms with Gasteiger partial charge in [0.2, 0.25) is 5.91 Å². The lowest BCUT2D eigenvalue weighted by Crippen LogP contribution is -2.40. The van der Waals surface area contributed by atoms with Crippen LogP contribution in [0.3, 0.4) is 0 Å². The molecule has 0 spiro atoms. The molecule has 0 unspecified atom stereocenters. The fourth-order valence-electron chi connectivity index (χ4n) is 3.99. The van der Waals surface area contributed by atoms with Gasteiger partial charge in [-0.2, -0.15) is 5.10 Å². The number of hydrogen-bond donors (Lipinski definition) is 2. The van der Waals surface area contributed by atoms with Crippen molar-refractivity contribution < 1.29 is 19.1 Å². The van der Waals surface area contributed by atoms with Gasteiger partial charge in [0, 0.05) is 32.9 Å². The van der Waals surface area contributed by atoms with Crippen molar-refractivity contribution in [1.29, 1.82) is 0 Å². The molecule has 2 aromatic heterocycles. The van der Waals surface area contributed by atoms with Crippen molar-refractivity contribution >= 4 is 63.6 Å². The van der Waals surface area contributed by atoms with E-state index in [2.05, 4.69) is 27.0 Å². The Kier molecular flexibility index (Phi) is 7.50. The van der Waals surface area contributed by atoms with Crippen LogP contribution in [0.5, 0.6) is 5.75 Å². The van der Waals surface area contributed by atoms with Crippen LogP contribution < -0.4 is 15.8 Å². The molecule has 4 rings (SSSR count). The average molecular weight is 547 g/mol. The second kappa shape index (κ2) is 10.6. The number of piperidine rings is 1. The fourth-order valence-corrected chi connectivity index (χ4v) is 4.56. The lowest BCUT2D eigenvalue weighted by atomic mass is 10.1. The van der Waals surface area contributed by atoms with Gasteiger partial charge >= 0.3 is 6.09 Å². The van der Waals surface area contributed by atoms with Crippen molar-refractivity contribution in [2.24, 2.45) is 0 Å². The smallest absolute Gasteiger partial charge is 0.407 e. The van der Waals surface area contributed by atoms with E-state index in [-0.39, 0.29) is 50.3 Å². The van der Waals surface area contributed by atoms with Gasteiger partial charge in [0.05, 0.1) is 21.5 Å². The SMILES string of the molecule is C=CC(=O)N1CCC[C@@H](n2nc(C(=O)Nc3cc(Cl)c(OC(=O)N(C)C)c(Cl)c3)c3c(N)ncnc32)C1. The third-order valence-electron chi connectivity index (χ3n) is 5.77. The largest absolute Gasteiger partial charge is 0.414 e. The molecule has 3 amide bonds. The number of likely N-dealkylation sites (tertiary alicyclic amines) is 1. The summed E-state index contributed by atoms with van der Waals surface area (Å²) in [6.45, 7) is 4.54. The zero-order valence-corrected chi connectivity index (χ0v) is 21.6. The van der Waals surface area contributed by atoms with E-state index in [0.29, 0.717) is 18.7 Å². The van der Waals surface area contributed by atoms with E-state index in [1.54, 1.807) is 9.58 Å². The first-order chi connectivity index (χ1) is 17.6. The van der Waals surface area contributed by atoms with E-state index >= 15 is 0 Å². The normalized spacial score (nSPS) is 15.4. The van der Waals surface area contributed by atoms with Crippen LogP contribution in [0.4, 0.5) is 16.3 Å². The predicted molar refractivity (Wildman–Crippen MR) is 139 cm³/mol. The molecule has 0 radical (unpaired) electrons. The highest BCUT2D eigenvalue weighted by Gasteiger charge is 2.29. The van der Waals surface area contributed by atoms with Crippen molar-refractivity contribution in [3.05, 3.63) is 46.9 Å². The summed E-state index contributed by atoms with van der Waals surface area (Å²) in [6, 6.07) is 2.55. The summed E-state index contributed by atoms with van der Waals surface area (Å²) >= 11 is 12.5. The summed E-state index contributed by atoms with van der Waals surface area (Å²) < 4.78 is 6.79. The summed E-state index contributed by atoms with van der Waals surface area (Å²) in [5.41, 5.74) is 6.72. The van der Waals surface area contributed by atoms with Crippen molar-refractivity contribution in [3.8, 4) is 5.75 Å². The Bertz CT molecular complexity index is 1380. The number of fused-ring (bicyclic) bond motifs is 1. The van der Waals surface area contributed by atoms with Gasteiger partial charge in [-0.15, -0.1) is 0 Å². The molecule has 1 aliphatic rings. The molecule has 0 aliphatic carbocycles. The molecule has 3 N–H and O–H groups in total. The quantitative estimate of drug-likeness (QED) is 0.462. The summed E-state index contributed by atoms with van der Waals surface area (Å²) in [5.74, 6) is -0.742. The molecule has 1 aliphatic heterocycles. The maximum Gasteiger partial charge on any atom is 0.414 e. The number of carbonyl (C=O) groups is 3. The Balaban J connectivity index is 1.65. The monoisotopic (exact) mass is 546 g/mol. The molecule has 12 nitrogen and oxygen atoms in total. The van der Waals surface area contributed by atoms with Gasteiger partial charge in [0.1, 0.15) is 12.1 Å². The van der Waals surface area contributed by atoms with Gasteiger partial charge in [-0.3, -0.25) is 9.59 Å². The Labute approximate surface area is 222 Å². The van der Waals surface area contributed by atoms with E-state index < -0.39 is 12.0 Å². The predicted octanol–water partition coefficient (Wildman–Crippen LogP) is 3.38. The van der Waals surface area contributed by atoms with Crippen LogP contribution in [-0.4, -0.2) is 74.6 Å². The molecule has 1 saturated heterocycles. The lowest BCUT2D eigenvalue weighted by molar-refractivity contribution is -0.127. The number of anilines is 2. The van der Waals surface area contributed by atoms with Crippen LogP contribution in [0, 0.1) is 0 Å². The maximum atomic E-state index is 13.3. The zero-order chi connectivity index (χ0) is 26.9. The first kappa shape index (κ1) is 26.2. The Morgan fingerprint density at radius 1 is 1.24 bits per heavy atom. The average Bonchev–Trinajstić information content (AvgIpc) is 3.27. The summed E-state index contributed by atoms with van der Waals surface area (Å²) in [7, 11) is 3.03. The highest BCUT2D eigenvalue weighted by Crippen LogP contribution is 2.37. The summed E-state index contributed by atoms with van der Waals surface area (Å²) in [5, 5.41) is 7.54. The number of nitrogens with zero attached hydrogens (tertiary/aromatic N) is 6. The number of rotatable bonds is 5. The number of amides is 3. The van der Waals surface area contributed by atoms with Crippen LogP contribution >= 0.6 is 23.2 Å². The number of hydrogen-bond acceptors (Lipinski definition) is 8. The summed E-state index contributed by atoms with van der Waals surface area (Å²) in [4.78, 5) is 48.6. The van der Waals surface area contributed by atoms with Crippen molar-refractivity contribution in [2.75, 3.05) is 38.2 Å². The number of aromatic nitrogens is 4. The molecular formula is C23H24Cl2N8O4. The van der Waals surface area contributed by atoms with E-state index in [1.807, 2.05) is 0 Å². The second-order valence-corrected chi connectivity index (χ2v) is 9.34. The van der Waals surface area contributed by atoms with Gasteiger partial charge in [0.25, 0.3) is 5.91 Å². The molecule has 1 atom stereocenters. The van der Waals surface area contributed by atoms with Crippen LogP contribution in [0.2, 0.25) is 10.0 Å².